The molecular weight excluding hydrogens is 410 g/mol. The van der Waals surface area contributed by atoms with Crippen LogP contribution in [-0.2, 0) is 0 Å². The fourth-order valence-electron chi connectivity index (χ4n) is 2.87. The first kappa shape index (κ1) is 19.0. The zero-order valence-electron chi connectivity index (χ0n) is 14.5. The van der Waals surface area contributed by atoms with Crippen molar-refractivity contribution in [2.75, 3.05) is 5.32 Å². The molecule has 0 aliphatic carbocycles. The van der Waals surface area contributed by atoms with Gasteiger partial charge in [-0.25, -0.2) is 0 Å². The third-order valence-corrected chi connectivity index (χ3v) is 5.16. The number of nitrogens with one attached hydrogen (secondary N) is 1. The molecule has 0 fully saturated rings. The number of hydrogen-bond acceptors (Lipinski definition) is 2. The highest BCUT2D eigenvalue weighted by molar-refractivity contribution is 9.10. The van der Waals surface area contributed by atoms with Crippen LogP contribution in [0.1, 0.15) is 35.3 Å². The van der Waals surface area contributed by atoms with Crippen molar-refractivity contribution in [2.45, 2.75) is 25.5 Å². The summed E-state index contributed by atoms with van der Waals surface area (Å²) in [6.45, 7) is 2.07. The second-order valence-electron chi connectivity index (χ2n) is 6.42. The maximum Gasteiger partial charge on any atom is 0.0813 e. The summed E-state index contributed by atoms with van der Waals surface area (Å²) >= 11 is 9.42. The summed E-state index contributed by atoms with van der Waals surface area (Å²) < 4.78 is 1.04. The molecular formula is C22H21BrClNO. The summed E-state index contributed by atoms with van der Waals surface area (Å²) in [5.41, 5.74) is 4.24. The number of aliphatic hydroxyl groups is 1. The lowest BCUT2D eigenvalue weighted by Gasteiger charge is -2.24. The molecule has 134 valence electrons. The Labute approximate surface area is 168 Å². The predicted octanol–water partition coefficient (Wildman–Crippen LogP) is 6.69. The van der Waals surface area contributed by atoms with Crippen LogP contribution in [0.2, 0.25) is 5.02 Å². The molecule has 2 nitrogen and oxygen atoms in total. The third kappa shape index (κ3) is 5.10. The van der Waals surface area contributed by atoms with Crippen molar-refractivity contribution in [3.05, 3.63) is 99.0 Å². The number of anilines is 1. The van der Waals surface area contributed by atoms with Gasteiger partial charge in [-0.3, -0.25) is 0 Å². The van der Waals surface area contributed by atoms with Gasteiger partial charge in [0.1, 0.15) is 0 Å². The van der Waals surface area contributed by atoms with Crippen molar-refractivity contribution in [3.63, 3.8) is 0 Å². The quantitative estimate of drug-likeness (QED) is 0.456. The van der Waals surface area contributed by atoms with E-state index >= 15 is 0 Å². The molecule has 0 heterocycles. The first-order valence-corrected chi connectivity index (χ1v) is 9.70. The van der Waals surface area contributed by atoms with Gasteiger partial charge in [-0.1, -0.05) is 69.5 Å². The van der Waals surface area contributed by atoms with E-state index in [0.29, 0.717) is 11.4 Å². The lowest BCUT2D eigenvalue weighted by atomic mass is 9.96. The van der Waals surface area contributed by atoms with Gasteiger partial charge in [-0.05, 0) is 54.4 Å². The monoisotopic (exact) mass is 429 g/mol. The second kappa shape index (κ2) is 8.72. The van der Waals surface area contributed by atoms with Gasteiger partial charge in [-0.2, -0.15) is 0 Å². The van der Waals surface area contributed by atoms with Crippen molar-refractivity contribution in [2.24, 2.45) is 0 Å². The smallest absolute Gasteiger partial charge is 0.0813 e. The Balaban J connectivity index is 1.83. The van der Waals surface area contributed by atoms with E-state index in [0.717, 1.165) is 21.3 Å². The minimum atomic E-state index is -0.582. The van der Waals surface area contributed by atoms with Crippen molar-refractivity contribution in [1.82, 2.24) is 0 Å². The van der Waals surface area contributed by atoms with E-state index in [4.69, 9.17) is 11.6 Å². The van der Waals surface area contributed by atoms with Crippen molar-refractivity contribution < 1.29 is 5.11 Å². The van der Waals surface area contributed by atoms with Gasteiger partial charge in [0.15, 0.2) is 0 Å². The Kier molecular flexibility index (Phi) is 6.36. The molecule has 0 aliphatic rings. The van der Waals surface area contributed by atoms with Crippen LogP contribution in [0.25, 0.3) is 0 Å². The molecule has 0 aliphatic heterocycles. The summed E-state index contributed by atoms with van der Waals surface area (Å²) in [5.74, 6) is 0. The fraction of sp³-hybridized carbons (Fsp3) is 0.182. The topological polar surface area (TPSA) is 32.3 Å². The molecule has 2 atom stereocenters. The minimum Gasteiger partial charge on any atom is -0.388 e. The van der Waals surface area contributed by atoms with Crippen LogP contribution in [-0.4, -0.2) is 5.11 Å². The van der Waals surface area contributed by atoms with Gasteiger partial charge < -0.3 is 10.4 Å². The van der Waals surface area contributed by atoms with Crippen LogP contribution < -0.4 is 5.32 Å². The highest BCUT2D eigenvalue weighted by Gasteiger charge is 2.18. The van der Waals surface area contributed by atoms with Gasteiger partial charge in [0.05, 0.1) is 12.1 Å². The maximum atomic E-state index is 10.7. The fourth-order valence-corrected chi connectivity index (χ4v) is 3.26. The molecule has 0 spiro atoms. The zero-order chi connectivity index (χ0) is 18.5. The SMILES string of the molecule is Cc1ccc(C(CC(O)c2ccc(Cl)cc2)Nc2ccc(Br)cc2)cc1. The number of hydrogen-bond donors (Lipinski definition) is 2. The van der Waals surface area contributed by atoms with Crippen LogP contribution in [0.5, 0.6) is 0 Å². The normalized spacial score (nSPS) is 13.2. The molecule has 0 amide bonds. The van der Waals surface area contributed by atoms with Crippen LogP contribution in [0.3, 0.4) is 0 Å². The second-order valence-corrected chi connectivity index (χ2v) is 7.77. The zero-order valence-corrected chi connectivity index (χ0v) is 16.8. The van der Waals surface area contributed by atoms with E-state index in [-0.39, 0.29) is 6.04 Å². The first-order valence-electron chi connectivity index (χ1n) is 8.53. The average molecular weight is 431 g/mol. The van der Waals surface area contributed by atoms with Crippen LogP contribution >= 0.6 is 27.5 Å². The van der Waals surface area contributed by atoms with E-state index in [1.165, 1.54) is 5.56 Å². The van der Waals surface area contributed by atoms with E-state index in [2.05, 4.69) is 52.4 Å². The predicted molar refractivity (Wildman–Crippen MR) is 113 cm³/mol. The molecule has 3 aromatic rings. The van der Waals surface area contributed by atoms with Gasteiger partial charge in [0.25, 0.3) is 0 Å². The highest BCUT2D eigenvalue weighted by Crippen LogP contribution is 2.30. The third-order valence-electron chi connectivity index (χ3n) is 4.38. The Morgan fingerprint density at radius 1 is 0.885 bits per heavy atom. The number of aliphatic hydroxyl groups excluding tert-OH is 1. The molecule has 3 rings (SSSR count). The number of halogens is 2. The lowest BCUT2D eigenvalue weighted by molar-refractivity contribution is 0.160. The summed E-state index contributed by atoms with van der Waals surface area (Å²) in [4.78, 5) is 0. The van der Waals surface area contributed by atoms with Gasteiger partial charge in [0, 0.05) is 21.6 Å². The Bertz CT molecular complexity index is 832. The summed E-state index contributed by atoms with van der Waals surface area (Å²) in [6.07, 6.45) is -0.0256. The Morgan fingerprint density at radius 3 is 2.08 bits per heavy atom. The molecule has 0 saturated carbocycles. The van der Waals surface area contributed by atoms with Crippen LogP contribution in [0.4, 0.5) is 5.69 Å². The summed E-state index contributed by atoms with van der Waals surface area (Å²) in [6, 6.07) is 23.8. The van der Waals surface area contributed by atoms with Crippen molar-refractivity contribution in [1.29, 1.82) is 0 Å². The van der Waals surface area contributed by atoms with Gasteiger partial charge in [0.2, 0.25) is 0 Å². The van der Waals surface area contributed by atoms with Gasteiger partial charge in [-0.15, -0.1) is 0 Å². The Hall–Kier alpha value is -1.81. The van der Waals surface area contributed by atoms with Gasteiger partial charge >= 0.3 is 0 Å². The van der Waals surface area contributed by atoms with E-state index in [1.807, 2.05) is 48.5 Å². The molecule has 0 bridgehead atoms. The molecule has 3 aromatic carbocycles. The molecule has 2 N–H and O–H groups in total. The maximum absolute atomic E-state index is 10.7. The van der Waals surface area contributed by atoms with E-state index < -0.39 is 6.10 Å². The summed E-state index contributed by atoms with van der Waals surface area (Å²) in [7, 11) is 0. The number of rotatable bonds is 6. The van der Waals surface area contributed by atoms with Crippen molar-refractivity contribution in [3.8, 4) is 0 Å². The molecule has 0 aromatic heterocycles. The molecule has 0 saturated heterocycles. The Morgan fingerprint density at radius 2 is 1.46 bits per heavy atom. The highest BCUT2D eigenvalue weighted by atomic mass is 79.9. The van der Waals surface area contributed by atoms with E-state index in [9.17, 15) is 5.11 Å². The van der Waals surface area contributed by atoms with E-state index in [1.54, 1.807) is 0 Å². The largest absolute Gasteiger partial charge is 0.388 e. The summed E-state index contributed by atoms with van der Waals surface area (Å²) in [5, 5.41) is 14.9. The van der Waals surface area contributed by atoms with Crippen LogP contribution in [0.15, 0.2) is 77.3 Å². The number of aryl methyl sites for hydroxylation is 1. The lowest BCUT2D eigenvalue weighted by Crippen LogP contribution is -2.15. The van der Waals surface area contributed by atoms with Crippen molar-refractivity contribution >= 4 is 33.2 Å². The average Bonchev–Trinajstić information content (AvgIpc) is 2.64. The van der Waals surface area contributed by atoms with Crippen LogP contribution in [0, 0.1) is 6.92 Å². The molecule has 26 heavy (non-hydrogen) atoms. The molecule has 0 radical (unpaired) electrons. The molecule has 4 heteroatoms. The molecule has 2 unspecified atom stereocenters. The standard InChI is InChI=1S/C22H21BrClNO/c1-15-2-4-16(5-3-15)21(25-20-12-8-18(23)9-13-20)14-22(26)17-6-10-19(24)11-7-17/h2-13,21-22,25-26H,14H2,1H3. The first-order chi connectivity index (χ1) is 12.5. The minimum absolute atomic E-state index is 0.0116. The number of benzene rings is 3.